The van der Waals surface area contributed by atoms with Gasteiger partial charge in [-0.15, -0.1) is 16.7 Å². The summed E-state index contributed by atoms with van der Waals surface area (Å²) in [6.07, 6.45) is -0.338. The Balaban J connectivity index is 2.39. The first-order chi connectivity index (χ1) is 9.17. The summed E-state index contributed by atoms with van der Waals surface area (Å²) in [5.41, 5.74) is -0.594. The molecule has 0 amide bonds. The number of sulfonamides is 1. The van der Waals surface area contributed by atoms with Gasteiger partial charge in [-0.2, -0.15) is 4.31 Å². The second-order valence-electron chi connectivity index (χ2n) is 5.26. The van der Waals surface area contributed by atoms with Gasteiger partial charge in [-0.3, -0.25) is 0 Å². The van der Waals surface area contributed by atoms with E-state index < -0.39 is 15.6 Å². The molecule has 1 atom stereocenters. The van der Waals surface area contributed by atoms with Gasteiger partial charge in [0.05, 0.1) is 11.7 Å². The van der Waals surface area contributed by atoms with E-state index in [0.29, 0.717) is 0 Å². The minimum absolute atomic E-state index is 0.0310. The largest absolute Gasteiger partial charge is 0.368 e. The van der Waals surface area contributed by atoms with E-state index in [1.165, 1.54) is 16.0 Å². The lowest BCUT2D eigenvalue weighted by molar-refractivity contribution is -0.108. The third-order valence-corrected chi connectivity index (χ3v) is 5.99. The van der Waals surface area contributed by atoms with Crippen molar-refractivity contribution in [3.8, 4) is 0 Å². The van der Waals surface area contributed by atoms with E-state index in [9.17, 15) is 8.42 Å². The van der Waals surface area contributed by atoms with Gasteiger partial charge in [0.1, 0.15) is 0 Å². The highest BCUT2D eigenvalue weighted by molar-refractivity contribution is 9.10. The minimum Gasteiger partial charge on any atom is -0.368 e. The molecule has 114 valence electrons. The standard InChI is InChI=1S/C10H16BrClN4O3S/c1-10(2)6-16(5-7(4-12)19-10)20(17,18)9-8(11)13-14-15(9)3/h7H,4-6H2,1-3H3. The highest BCUT2D eigenvalue weighted by Crippen LogP contribution is 2.29. The van der Waals surface area contributed by atoms with Gasteiger partial charge in [0, 0.05) is 26.0 Å². The van der Waals surface area contributed by atoms with Gasteiger partial charge in [0.25, 0.3) is 10.0 Å². The molecule has 1 unspecified atom stereocenters. The number of morpholine rings is 1. The van der Waals surface area contributed by atoms with Crippen LogP contribution in [0, 0.1) is 0 Å². The normalized spacial score (nSPS) is 23.9. The SMILES string of the molecule is Cn1nnc(Br)c1S(=O)(=O)N1CC(CCl)OC(C)(C)C1. The van der Waals surface area contributed by atoms with E-state index in [1.807, 2.05) is 13.8 Å². The van der Waals surface area contributed by atoms with E-state index in [4.69, 9.17) is 16.3 Å². The molecular formula is C10H16BrClN4O3S. The second-order valence-corrected chi connectivity index (χ2v) is 8.17. The van der Waals surface area contributed by atoms with Crippen LogP contribution in [0.1, 0.15) is 13.8 Å². The molecule has 2 rings (SSSR count). The number of aryl methyl sites for hydroxylation is 1. The van der Waals surface area contributed by atoms with E-state index in [2.05, 4.69) is 26.2 Å². The van der Waals surface area contributed by atoms with Crippen LogP contribution in [0.4, 0.5) is 0 Å². The maximum atomic E-state index is 12.7. The Hall–Kier alpha value is -0.220. The highest BCUT2D eigenvalue weighted by atomic mass is 79.9. The van der Waals surface area contributed by atoms with Crippen molar-refractivity contribution in [1.29, 1.82) is 0 Å². The Morgan fingerprint density at radius 3 is 2.70 bits per heavy atom. The third kappa shape index (κ3) is 3.01. The summed E-state index contributed by atoms with van der Waals surface area (Å²) in [5, 5.41) is 7.46. The number of aromatic nitrogens is 3. The van der Waals surface area contributed by atoms with Crippen molar-refractivity contribution < 1.29 is 13.2 Å². The van der Waals surface area contributed by atoms with Crippen LogP contribution >= 0.6 is 27.5 Å². The van der Waals surface area contributed by atoms with Crippen molar-refractivity contribution in [3.63, 3.8) is 0 Å². The third-order valence-electron chi connectivity index (χ3n) is 2.94. The van der Waals surface area contributed by atoms with E-state index in [1.54, 1.807) is 0 Å². The summed E-state index contributed by atoms with van der Waals surface area (Å²) < 4.78 is 34.0. The van der Waals surface area contributed by atoms with Crippen molar-refractivity contribution in [3.05, 3.63) is 4.60 Å². The number of alkyl halides is 1. The zero-order valence-corrected chi connectivity index (χ0v) is 14.5. The van der Waals surface area contributed by atoms with Gasteiger partial charge < -0.3 is 4.74 Å². The Labute approximate surface area is 131 Å². The van der Waals surface area contributed by atoms with Gasteiger partial charge in [-0.05, 0) is 29.8 Å². The van der Waals surface area contributed by atoms with Crippen LogP contribution in [-0.4, -0.2) is 58.4 Å². The fraction of sp³-hybridized carbons (Fsp3) is 0.800. The predicted molar refractivity (Wildman–Crippen MR) is 77.1 cm³/mol. The zero-order valence-electron chi connectivity index (χ0n) is 11.4. The maximum Gasteiger partial charge on any atom is 0.263 e. The molecule has 1 aromatic rings. The Bertz CT molecular complexity index is 584. The summed E-state index contributed by atoms with van der Waals surface area (Å²) in [4.78, 5) is 0. The molecule has 0 aromatic carbocycles. The fourth-order valence-corrected chi connectivity index (χ4v) is 5.04. The first kappa shape index (κ1) is 16.2. The first-order valence-electron chi connectivity index (χ1n) is 5.96. The summed E-state index contributed by atoms with van der Waals surface area (Å²) in [7, 11) is -2.17. The molecule has 1 aliphatic heterocycles. The van der Waals surface area contributed by atoms with Crippen molar-refractivity contribution in [2.24, 2.45) is 7.05 Å². The van der Waals surface area contributed by atoms with Crippen molar-refractivity contribution >= 4 is 37.6 Å². The van der Waals surface area contributed by atoms with Crippen molar-refractivity contribution in [1.82, 2.24) is 19.3 Å². The molecule has 2 heterocycles. The lowest BCUT2D eigenvalue weighted by Crippen LogP contribution is -2.55. The molecule has 0 aliphatic carbocycles. The van der Waals surface area contributed by atoms with Crippen molar-refractivity contribution in [2.45, 2.75) is 30.6 Å². The van der Waals surface area contributed by atoms with Crippen LogP contribution in [0.5, 0.6) is 0 Å². The molecule has 0 bridgehead atoms. The quantitative estimate of drug-likeness (QED) is 0.723. The Morgan fingerprint density at radius 2 is 2.20 bits per heavy atom. The van der Waals surface area contributed by atoms with Gasteiger partial charge in [0.2, 0.25) is 5.03 Å². The molecule has 20 heavy (non-hydrogen) atoms. The van der Waals surface area contributed by atoms with Crippen molar-refractivity contribution in [2.75, 3.05) is 19.0 Å². The van der Waals surface area contributed by atoms with Crippen LogP contribution in [0.25, 0.3) is 0 Å². The Kier molecular flexibility index (Phi) is 4.46. The molecule has 7 nitrogen and oxygen atoms in total. The molecule has 1 aromatic heterocycles. The number of hydrogen-bond acceptors (Lipinski definition) is 5. The second kappa shape index (κ2) is 5.53. The monoisotopic (exact) mass is 386 g/mol. The zero-order chi connectivity index (χ0) is 15.1. The average molecular weight is 388 g/mol. The number of hydrogen-bond donors (Lipinski definition) is 0. The fourth-order valence-electron chi connectivity index (χ4n) is 2.22. The minimum atomic E-state index is -3.71. The average Bonchev–Trinajstić information content (AvgIpc) is 2.67. The van der Waals surface area contributed by atoms with Gasteiger partial charge in [-0.25, -0.2) is 13.1 Å². The molecular weight excluding hydrogens is 372 g/mol. The molecule has 1 aliphatic rings. The molecule has 1 saturated heterocycles. The van der Waals surface area contributed by atoms with Crippen LogP contribution < -0.4 is 0 Å². The number of ether oxygens (including phenoxy) is 1. The predicted octanol–water partition coefficient (Wildman–Crippen LogP) is 0.984. The first-order valence-corrected chi connectivity index (χ1v) is 8.73. The number of halogens is 2. The summed E-state index contributed by atoms with van der Waals surface area (Å²) in [6, 6.07) is 0. The molecule has 0 N–H and O–H groups in total. The Morgan fingerprint density at radius 1 is 1.55 bits per heavy atom. The summed E-state index contributed by atoms with van der Waals surface area (Å²) in [5.74, 6) is 0.236. The van der Waals surface area contributed by atoms with Crippen LogP contribution in [0.15, 0.2) is 9.63 Å². The van der Waals surface area contributed by atoms with E-state index in [-0.39, 0.29) is 34.7 Å². The van der Waals surface area contributed by atoms with E-state index in [0.717, 1.165) is 0 Å². The number of rotatable bonds is 3. The summed E-state index contributed by atoms with van der Waals surface area (Å²) >= 11 is 8.95. The summed E-state index contributed by atoms with van der Waals surface area (Å²) in [6.45, 7) is 4.14. The topological polar surface area (TPSA) is 77.3 Å². The van der Waals surface area contributed by atoms with E-state index >= 15 is 0 Å². The molecule has 0 saturated carbocycles. The van der Waals surface area contributed by atoms with Crippen LogP contribution in [-0.2, 0) is 21.8 Å². The van der Waals surface area contributed by atoms with Crippen LogP contribution in [0.3, 0.4) is 0 Å². The molecule has 1 fully saturated rings. The number of nitrogens with zero attached hydrogens (tertiary/aromatic N) is 4. The maximum absolute atomic E-state index is 12.7. The molecule has 10 heteroatoms. The lowest BCUT2D eigenvalue weighted by atomic mass is 10.1. The lowest BCUT2D eigenvalue weighted by Gasteiger charge is -2.41. The van der Waals surface area contributed by atoms with Crippen LogP contribution in [0.2, 0.25) is 0 Å². The smallest absolute Gasteiger partial charge is 0.263 e. The van der Waals surface area contributed by atoms with Gasteiger partial charge >= 0.3 is 0 Å². The van der Waals surface area contributed by atoms with Gasteiger partial charge in [-0.1, -0.05) is 5.21 Å². The molecule has 0 radical (unpaired) electrons. The molecule has 0 spiro atoms. The van der Waals surface area contributed by atoms with Gasteiger partial charge in [0.15, 0.2) is 4.60 Å². The highest BCUT2D eigenvalue weighted by Gasteiger charge is 2.41.